The normalized spacial score (nSPS) is 21.2. The van der Waals surface area contributed by atoms with E-state index in [1.54, 1.807) is 12.4 Å². The maximum Gasteiger partial charge on any atom is 0.408 e. The molecule has 1 aromatic heterocycles. The van der Waals surface area contributed by atoms with E-state index in [4.69, 9.17) is 4.74 Å². The third kappa shape index (κ3) is 7.87. The van der Waals surface area contributed by atoms with Gasteiger partial charge in [-0.3, -0.25) is 14.6 Å². The highest BCUT2D eigenvalue weighted by Gasteiger charge is 2.47. The second kappa shape index (κ2) is 11.5. The van der Waals surface area contributed by atoms with E-state index in [0.717, 1.165) is 5.56 Å². The van der Waals surface area contributed by atoms with Crippen LogP contribution in [0.5, 0.6) is 0 Å². The summed E-state index contributed by atoms with van der Waals surface area (Å²) >= 11 is 0. The smallest absolute Gasteiger partial charge is 0.408 e. The predicted octanol–water partition coefficient (Wildman–Crippen LogP) is 0.172. The standard InChI is InChI=1S/C23H34N4O8S/c1-14(2)11-17(27-22(31)35-23(6-7-23)13-15-3-8-24-9-4-15)20(29)26-18(21(30)36(32,33)34)12-16-5-10-25-19(16)28/h3-4,8-9,14,16-18,21,30H,5-7,10-13H2,1-2H3,(H,25,28)(H,26,29)(H,27,31)(H,32,33,34)/p-1/t16-,17-,18-,21?/m0/s1. The Balaban J connectivity index is 1.67. The first-order valence-electron chi connectivity index (χ1n) is 12.0. The molecule has 1 saturated heterocycles. The van der Waals surface area contributed by atoms with Crippen molar-refractivity contribution in [1.82, 2.24) is 20.9 Å². The Kier molecular flexibility index (Phi) is 8.90. The molecule has 1 aliphatic heterocycles. The Labute approximate surface area is 210 Å². The zero-order valence-corrected chi connectivity index (χ0v) is 21.1. The molecule has 2 aliphatic rings. The lowest BCUT2D eigenvalue weighted by Crippen LogP contribution is -2.55. The highest BCUT2D eigenvalue weighted by molar-refractivity contribution is 7.86. The molecule has 200 valence electrons. The molecule has 36 heavy (non-hydrogen) atoms. The number of aliphatic hydroxyl groups excluding tert-OH is 1. The first-order valence-corrected chi connectivity index (χ1v) is 13.4. The molecule has 3 amide bonds. The number of carbonyl (C=O) groups excluding carboxylic acids is 3. The van der Waals surface area contributed by atoms with Crippen molar-refractivity contribution in [2.24, 2.45) is 11.8 Å². The van der Waals surface area contributed by atoms with Gasteiger partial charge in [0.1, 0.15) is 21.8 Å². The van der Waals surface area contributed by atoms with Crippen molar-refractivity contribution < 1.29 is 37.2 Å². The molecule has 13 heteroatoms. The zero-order valence-electron chi connectivity index (χ0n) is 20.3. The van der Waals surface area contributed by atoms with Gasteiger partial charge in [0.05, 0.1) is 6.04 Å². The molecule has 3 rings (SSSR count). The van der Waals surface area contributed by atoms with Crippen LogP contribution >= 0.6 is 0 Å². The van der Waals surface area contributed by atoms with Gasteiger partial charge in [0.25, 0.3) is 0 Å². The van der Waals surface area contributed by atoms with E-state index in [2.05, 4.69) is 20.9 Å². The van der Waals surface area contributed by atoms with Crippen molar-refractivity contribution >= 4 is 28.0 Å². The van der Waals surface area contributed by atoms with E-state index in [-0.39, 0.29) is 24.7 Å². The molecular weight excluding hydrogens is 492 g/mol. The zero-order chi connectivity index (χ0) is 26.5. The number of nitrogens with one attached hydrogen (secondary N) is 3. The molecule has 0 spiro atoms. The minimum Gasteiger partial charge on any atom is -0.746 e. The number of aromatic nitrogens is 1. The molecule has 4 atom stereocenters. The molecule has 4 N–H and O–H groups in total. The van der Waals surface area contributed by atoms with Crippen molar-refractivity contribution in [2.75, 3.05) is 6.54 Å². The first-order chi connectivity index (χ1) is 16.9. The number of hydrogen-bond acceptors (Lipinski definition) is 9. The number of aliphatic hydroxyl groups is 1. The summed E-state index contributed by atoms with van der Waals surface area (Å²) in [5.74, 6) is -1.85. The quantitative estimate of drug-likeness (QED) is 0.276. The van der Waals surface area contributed by atoms with Gasteiger partial charge >= 0.3 is 6.09 Å². The molecule has 0 aromatic carbocycles. The van der Waals surface area contributed by atoms with Crippen LogP contribution in [-0.4, -0.2) is 70.6 Å². The van der Waals surface area contributed by atoms with Gasteiger partial charge in [0.15, 0.2) is 5.44 Å². The van der Waals surface area contributed by atoms with Gasteiger partial charge in [-0.2, -0.15) is 0 Å². The third-order valence-electron chi connectivity index (χ3n) is 6.38. The summed E-state index contributed by atoms with van der Waals surface area (Å²) in [5.41, 5.74) is -2.16. The average molecular weight is 526 g/mol. The van der Waals surface area contributed by atoms with Gasteiger partial charge < -0.3 is 30.3 Å². The van der Waals surface area contributed by atoms with Crippen molar-refractivity contribution in [3.8, 4) is 0 Å². The van der Waals surface area contributed by atoms with Crippen LogP contribution in [0, 0.1) is 11.8 Å². The molecule has 0 bridgehead atoms. The first kappa shape index (κ1) is 27.8. The predicted molar refractivity (Wildman–Crippen MR) is 126 cm³/mol. The maximum atomic E-state index is 13.1. The van der Waals surface area contributed by atoms with Crippen LogP contribution in [0.3, 0.4) is 0 Å². The SMILES string of the molecule is CC(C)C[C@H](NC(=O)OC1(Cc2ccncc2)CC1)C(=O)N[C@@H](C[C@@H]1CCNC1=O)C(O)S(=O)(=O)[O-]. The van der Waals surface area contributed by atoms with E-state index in [0.29, 0.717) is 32.2 Å². The van der Waals surface area contributed by atoms with Crippen molar-refractivity contribution in [3.05, 3.63) is 30.1 Å². The highest BCUT2D eigenvalue weighted by atomic mass is 32.2. The van der Waals surface area contributed by atoms with Crippen LogP contribution in [0.2, 0.25) is 0 Å². The Hall–Kier alpha value is -2.77. The van der Waals surface area contributed by atoms with Gasteiger partial charge in [0.2, 0.25) is 11.8 Å². The van der Waals surface area contributed by atoms with Crippen LogP contribution < -0.4 is 16.0 Å². The van der Waals surface area contributed by atoms with Crippen molar-refractivity contribution in [3.63, 3.8) is 0 Å². The summed E-state index contributed by atoms with van der Waals surface area (Å²) in [5, 5.41) is 17.6. The second-order valence-corrected chi connectivity index (χ2v) is 11.4. The molecule has 12 nitrogen and oxygen atoms in total. The van der Waals surface area contributed by atoms with E-state index in [9.17, 15) is 32.5 Å². The largest absolute Gasteiger partial charge is 0.746 e. The van der Waals surface area contributed by atoms with Crippen molar-refractivity contribution in [2.45, 2.75) is 75.5 Å². The number of rotatable bonds is 12. The van der Waals surface area contributed by atoms with E-state index < -0.39 is 51.2 Å². The molecule has 1 aromatic rings. The van der Waals surface area contributed by atoms with E-state index >= 15 is 0 Å². The summed E-state index contributed by atoms with van der Waals surface area (Å²) in [6, 6.07) is 1.02. The van der Waals surface area contributed by atoms with Crippen LogP contribution in [0.25, 0.3) is 0 Å². The molecule has 0 radical (unpaired) electrons. The Morgan fingerprint density at radius 1 is 1.28 bits per heavy atom. The fourth-order valence-corrected chi connectivity index (χ4v) is 4.89. The van der Waals surface area contributed by atoms with E-state index in [1.165, 1.54) is 0 Å². The summed E-state index contributed by atoms with van der Waals surface area (Å²) < 4.78 is 40.1. The number of hydrogen-bond donors (Lipinski definition) is 4. The lowest BCUT2D eigenvalue weighted by molar-refractivity contribution is -0.126. The minimum absolute atomic E-state index is 0.0417. The average Bonchev–Trinajstić information content (AvgIpc) is 3.41. The molecule has 1 aliphatic carbocycles. The highest BCUT2D eigenvalue weighted by Crippen LogP contribution is 2.42. The van der Waals surface area contributed by atoms with Gasteiger partial charge in [-0.1, -0.05) is 13.8 Å². The number of carbonyl (C=O) groups is 3. The Morgan fingerprint density at radius 2 is 1.94 bits per heavy atom. The summed E-state index contributed by atoms with van der Waals surface area (Å²) in [7, 11) is -5.18. The van der Waals surface area contributed by atoms with Gasteiger partial charge in [-0.15, -0.1) is 0 Å². The van der Waals surface area contributed by atoms with Crippen LogP contribution in [0.15, 0.2) is 24.5 Å². The topological polar surface area (TPSA) is 187 Å². The fraction of sp³-hybridized carbons (Fsp3) is 0.652. The van der Waals surface area contributed by atoms with Crippen LogP contribution in [0.4, 0.5) is 4.79 Å². The summed E-state index contributed by atoms with van der Waals surface area (Å²) in [6.45, 7) is 4.03. The number of ether oxygens (including phenoxy) is 1. The minimum atomic E-state index is -5.18. The molecule has 1 unspecified atom stereocenters. The molecule has 2 heterocycles. The lowest BCUT2D eigenvalue weighted by Gasteiger charge is -2.30. The van der Waals surface area contributed by atoms with Crippen LogP contribution in [0.1, 0.15) is 51.5 Å². The molecule has 2 fully saturated rings. The van der Waals surface area contributed by atoms with Gasteiger partial charge in [0, 0.05) is 31.3 Å². The van der Waals surface area contributed by atoms with E-state index in [1.807, 2.05) is 26.0 Å². The number of amides is 3. The second-order valence-electron chi connectivity index (χ2n) is 9.94. The lowest BCUT2D eigenvalue weighted by atomic mass is 9.97. The summed E-state index contributed by atoms with van der Waals surface area (Å²) in [4.78, 5) is 41.7. The van der Waals surface area contributed by atoms with Gasteiger partial charge in [-0.25, -0.2) is 13.2 Å². The fourth-order valence-electron chi connectivity index (χ4n) is 4.31. The number of alkyl carbamates (subject to hydrolysis) is 1. The Bertz CT molecular complexity index is 1050. The van der Waals surface area contributed by atoms with Crippen LogP contribution in [-0.2, 0) is 30.9 Å². The van der Waals surface area contributed by atoms with Crippen molar-refractivity contribution in [1.29, 1.82) is 0 Å². The monoisotopic (exact) mass is 525 g/mol. The maximum absolute atomic E-state index is 13.1. The molecule has 1 saturated carbocycles. The number of nitrogens with zero attached hydrogens (tertiary/aromatic N) is 1. The number of pyridine rings is 1. The van der Waals surface area contributed by atoms with Gasteiger partial charge in [-0.05, 0) is 55.7 Å². The molecular formula is C23H33N4O8S-. The summed E-state index contributed by atoms with van der Waals surface area (Å²) in [6.07, 6.45) is 4.66. The Morgan fingerprint density at radius 3 is 2.47 bits per heavy atom. The third-order valence-corrected chi connectivity index (χ3v) is 7.30.